The van der Waals surface area contributed by atoms with Crippen molar-refractivity contribution >= 4 is 23.5 Å². The minimum atomic E-state index is -1.23. The lowest BCUT2D eigenvalue weighted by atomic mass is 10.1. The van der Waals surface area contributed by atoms with Crippen molar-refractivity contribution in [2.45, 2.75) is 6.10 Å². The number of carbonyl (C=O) groups excluding carboxylic acids is 3. The Morgan fingerprint density at radius 1 is 0.800 bits per heavy atom. The fraction of sp³-hybridized carbons (Fsp3) is 0.192. The molecule has 1 atom stereocenters. The molecule has 3 aromatic carbocycles. The standard InChI is InChI=1S/C26H26N2O7/c1-32-20-11-7-10-19(15-20)28-26(31)24(17-8-5-4-6-9-17)35-23(29)16-27-25(30)18-12-13-21(33-2)22(14-18)34-3/h4-15,24H,16H2,1-3H3,(H,27,30)(H,28,31). The van der Waals surface area contributed by atoms with Gasteiger partial charge in [0, 0.05) is 22.9 Å². The maximum Gasteiger partial charge on any atom is 0.326 e. The lowest BCUT2D eigenvalue weighted by Crippen LogP contribution is -2.33. The van der Waals surface area contributed by atoms with Crippen molar-refractivity contribution in [3.05, 3.63) is 83.9 Å². The number of hydrogen-bond donors (Lipinski definition) is 2. The number of hydrogen-bond acceptors (Lipinski definition) is 7. The molecule has 0 aliphatic rings. The number of rotatable bonds is 10. The van der Waals surface area contributed by atoms with E-state index in [1.807, 2.05) is 0 Å². The van der Waals surface area contributed by atoms with Crippen molar-refractivity contribution in [2.75, 3.05) is 33.2 Å². The van der Waals surface area contributed by atoms with Gasteiger partial charge in [0.1, 0.15) is 12.3 Å². The van der Waals surface area contributed by atoms with E-state index in [9.17, 15) is 14.4 Å². The molecular formula is C26H26N2O7. The molecule has 0 aliphatic carbocycles. The average Bonchev–Trinajstić information content (AvgIpc) is 2.90. The van der Waals surface area contributed by atoms with Crippen LogP contribution in [0.4, 0.5) is 5.69 Å². The van der Waals surface area contributed by atoms with Gasteiger partial charge in [-0.15, -0.1) is 0 Å². The predicted octanol–water partition coefficient (Wildman–Crippen LogP) is 3.37. The third-order valence-electron chi connectivity index (χ3n) is 4.97. The van der Waals surface area contributed by atoms with E-state index in [2.05, 4.69) is 10.6 Å². The molecule has 0 heterocycles. The van der Waals surface area contributed by atoms with Gasteiger partial charge in [-0.3, -0.25) is 14.4 Å². The molecular weight excluding hydrogens is 452 g/mol. The Kier molecular flexibility index (Phi) is 8.66. The van der Waals surface area contributed by atoms with Crippen LogP contribution < -0.4 is 24.8 Å². The van der Waals surface area contributed by atoms with Crippen LogP contribution >= 0.6 is 0 Å². The number of esters is 1. The highest BCUT2D eigenvalue weighted by molar-refractivity contribution is 5.98. The number of nitrogens with one attached hydrogen (secondary N) is 2. The molecule has 2 amide bonds. The van der Waals surface area contributed by atoms with Crippen molar-refractivity contribution < 1.29 is 33.3 Å². The fourth-order valence-corrected chi connectivity index (χ4v) is 3.21. The van der Waals surface area contributed by atoms with E-state index in [0.717, 1.165) is 0 Å². The molecule has 0 fully saturated rings. The molecule has 3 rings (SSSR count). The lowest BCUT2D eigenvalue weighted by Gasteiger charge is -2.18. The van der Waals surface area contributed by atoms with Crippen LogP contribution in [0.25, 0.3) is 0 Å². The summed E-state index contributed by atoms with van der Waals surface area (Å²) in [6.45, 7) is -0.442. The van der Waals surface area contributed by atoms with E-state index >= 15 is 0 Å². The van der Waals surface area contributed by atoms with Gasteiger partial charge in [0.15, 0.2) is 11.5 Å². The van der Waals surface area contributed by atoms with Crippen molar-refractivity contribution in [2.24, 2.45) is 0 Å². The maximum absolute atomic E-state index is 13.0. The molecule has 9 nitrogen and oxygen atoms in total. The molecule has 0 aromatic heterocycles. The van der Waals surface area contributed by atoms with Gasteiger partial charge in [0.2, 0.25) is 6.10 Å². The molecule has 0 bridgehead atoms. The van der Waals surface area contributed by atoms with Crippen LogP contribution in [-0.4, -0.2) is 45.7 Å². The highest BCUT2D eigenvalue weighted by Crippen LogP contribution is 2.27. The Bertz CT molecular complexity index is 1180. The van der Waals surface area contributed by atoms with Crippen LogP contribution in [0.1, 0.15) is 22.0 Å². The van der Waals surface area contributed by atoms with Gasteiger partial charge in [0.05, 0.1) is 21.3 Å². The Labute approximate surface area is 203 Å². The summed E-state index contributed by atoms with van der Waals surface area (Å²) in [7, 11) is 4.46. The molecule has 1 unspecified atom stereocenters. The number of carbonyl (C=O) groups is 3. The zero-order valence-electron chi connectivity index (χ0n) is 19.6. The third kappa shape index (κ3) is 6.73. The summed E-state index contributed by atoms with van der Waals surface area (Å²) < 4.78 is 21.0. The fourth-order valence-electron chi connectivity index (χ4n) is 3.21. The SMILES string of the molecule is COc1cccc(NC(=O)C(OC(=O)CNC(=O)c2ccc(OC)c(OC)c2)c2ccccc2)c1. The maximum atomic E-state index is 13.0. The quantitative estimate of drug-likeness (QED) is 0.430. The van der Waals surface area contributed by atoms with Crippen LogP contribution in [0, 0.1) is 0 Å². The van der Waals surface area contributed by atoms with Crippen LogP contribution in [0.5, 0.6) is 17.2 Å². The van der Waals surface area contributed by atoms with Crippen molar-refractivity contribution in [3.8, 4) is 17.2 Å². The van der Waals surface area contributed by atoms with E-state index in [4.69, 9.17) is 18.9 Å². The molecule has 0 aliphatic heterocycles. The lowest BCUT2D eigenvalue weighted by molar-refractivity contribution is -0.153. The van der Waals surface area contributed by atoms with E-state index < -0.39 is 30.4 Å². The van der Waals surface area contributed by atoms with Crippen molar-refractivity contribution in [3.63, 3.8) is 0 Å². The number of benzene rings is 3. The summed E-state index contributed by atoms with van der Waals surface area (Å²) in [6.07, 6.45) is -1.23. The molecule has 0 radical (unpaired) electrons. The highest BCUT2D eigenvalue weighted by atomic mass is 16.5. The van der Waals surface area contributed by atoms with E-state index in [0.29, 0.717) is 28.5 Å². The molecule has 9 heteroatoms. The number of methoxy groups -OCH3 is 3. The first-order valence-electron chi connectivity index (χ1n) is 10.6. The first-order valence-corrected chi connectivity index (χ1v) is 10.6. The second-order valence-corrected chi connectivity index (χ2v) is 7.25. The Morgan fingerprint density at radius 2 is 1.54 bits per heavy atom. The largest absolute Gasteiger partial charge is 0.497 e. The normalized spacial score (nSPS) is 11.1. The summed E-state index contributed by atoms with van der Waals surface area (Å²) in [6, 6.07) is 20.0. The van der Waals surface area contributed by atoms with Crippen LogP contribution in [0.2, 0.25) is 0 Å². The van der Waals surface area contributed by atoms with Gasteiger partial charge in [-0.2, -0.15) is 0 Å². The van der Waals surface area contributed by atoms with Crippen molar-refractivity contribution in [1.29, 1.82) is 0 Å². The molecule has 0 spiro atoms. The minimum absolute atomic E-state index is 0.269. The third-order valence-corrected chi connectivity index (χ3v) is 4.97. The Morgan fingerprint density at radius 3 is 2.23 bits per heavy atom. The number of anilines is 1. The molecule has 2 N–H and O–H groups in total. The second-order valence-electron chi connectivity index (χ2n) is 7.25. The number of amides is 2. The van der Waals surface area contributed by atoms with Crippen LogP contribution in [-0.2, 0) is 14.3 Å². The van der Waals surface area contributed by atoms with Crippen molar-refractivity contribution in [1.82, 2.24) is 5.32 Å². The molecule has 3 aromatic rings. The van der Waals surface area contributed by atoms with Gasteiger partial charge in [-0.25, -0.2) is 0 Å². The Balaban J connectivity index is 1.68. The molecule has 0 saturated carbocycles. The first-order chi connectivity index (χ1) is 16.9. The second kappa shape index (κ2) is 12.1. The smallest absolute Gasteiger partial charge is 0.326 e. The van der Waals surface area contributed by atoms with Gasteiger partial charge >= 0.3 is 5.97 Å². The summed E-state index contributed by atoms with van der Waals surface area (Å²) in [5.74, 6) is -0.441. The van der Waals surface area contributed by atoms with Crippen LogP contribution in [0.3, 0.4) is 0 Å². The van der Waals surface area contributed by atoms with Gasteiger partial charge in [0.25, 0.3) is 11.8 Å². The monoisotopic (exact) mass is 478 g/mol. The minimum Gasteiger partial charge on any atom is -0.497 e. The summed E-state index contributed by atoms with van der Waals surface area (Å²) in [4.78, 5) is 38.1. The number of ether oxygens (including phenoxy) is 4. The first kappa shape index (κ1) is 25.1. The summed E-state index contributed by atoms with van der Waals surface area (Å²) >= 11 is 0. The molecule has 35 heavy (non-hydrogen) atoms. The zero-order valence-corrected chi connectivity index (χ0v) is 19.6. The van der Waals surface area contributed by atoms with Crippen LogP contribution in [0.15, 0.2) is 72.8 Å². The zero-order chi connectivity index (χ0) is 25.2. The van der Waals surface area contributed by atoms with Gasteiger partial charge < -0.3 is 29.6 Å². The topological polar surface area (TPSA) is 112 Å². The van der Waals surface area contributed by atoms with E-state index in [-0.39, 0.29) is 5.56 Å². The van der Waals surface area contributed by atoms with E-state index in [1.54, 1.807) is 60.7 Å². The van der Waals surface area contributed by atoms with Gasteiger partial charge in [-0.1, -0.05) is 36.4 Å². The Hall–Kier alpha value is -4.53. The van der Waals surface area contributed by atoms with E-state index in [1.165, 1.54) is 33.5 Å². The van der Waals surface area contributed by atoms with Gasteiger partial charge in [-0.05, 0) is 30.3 Å². The predicted molar refractivity (Wildman–Crippen MR) is 129 cm³/mol. The average molecular weight is 479 g/mol. The summed E-state index contributed by atoms with van der Waals surface area (Å²) in [5, 5.41) is 5.22. The highest BCUT2D eigenvalue weighted by Gasteiger charge is 2.25. The summed E-state index contributed by atoms with van der Waals surface area (Å²) in [5.41, 5.74) is 1.23. The molecule has 0 saturated heterocycles. The molecule has 182 valence electrons.